The summed E-state index contributed by atoms with van der Waals surface area (Å²) in [5.41, 5.74) is 1.67. The molecule has 5 nitrogen and oxygen atoms in total. The van der Waals surface area contributed by atoms with Crippen LogP contribution in [0.15, 0.2) is 54.6 Å². The number of rotatable bonds is 7. The number of benzene rings is 2. The first-order chi connectivity index (χ1) is 11.1. The van der Waals surface area contributed by atoms with E-state index in [9.17, 15) is 9.90 Å². The molecule has 1 unspecified atom stereocenters. The second-order valence-corrected chi connectivity index (χ2v) is 5.16. The molecule has 0 saturated carbocycles. The first-order valence-electron chi connectivity index (χ1n) is 7.40. The van der Waals surface area contributed by atoms with Gasteiger partial charge in [0.25, 0.3) is 0 Å². The zero-order valence-corrected chi connectivity index (χ0v) is 13.2. The van der Waals surface area contributed by atoms with Crippen molar-refractivity contribution < 1.29 is 19.4 Å². The van der Waals surface area contributed by atoms with Crippen molar-refractivity contribution in [3.63, 3.8) is 0 Å². The van der Waals surface area contributed by atoms with E-state index in [1.807, 2.05) is 48.5 Å². The maximum atomic E-state index is 11.8. The van der Waals surface area contributed by atoms with Crippen molar-refractivity contribution in [3.05, 3.63) is 60.2 Å². The number of carbonyl (C=O) groups is 1. The van der Waals surface area contributed by atoms with E-state index < -0.39 is 18.1 Å². The fourth-order valence-corrected chi connectivity index (χ4v) is 2.12. The van der Waals surface area contributed by atoms with Gasteiger partial charge in [-0.3, -0.25) is 0 Å². The summed E-state index contributed by atoms with van der Waals surface area (Å²) in [4.78, 5) is 11.8. The molecule has 0 aliphatic heterocycles. The number of aliphatic hydroxyl groups is 1. The third-order valence-corrected chi connectivity index (χ3v) is 3.37. The molecule has 2 atom stereocenters. The van der Waals surface area contributed by atoms with Gasteiger partial charge in [0.2, 0.25) is 0 Å². The highest BCUT2D eigenvalue weighted by Gasteiger charge is 2.25. The molecule has 0 aliphatic rings. The number of hydrogen-bond acceptors (Lipinski definition) is 5. The van der Waals surface area contributed by atoms with Crippen LogP contribution >= 0.6 is 0 Å². The SMILES string of the molecule is COC(=O)[C@@H](Nc1ccccc1OCc1ccccc1)C(C)O. The normalized spacial score (nSPS) is 13.0. The van der Waals surface area contributed by atoms with E-state index in [1.165, 1.54) is 14.0 Å². The van der Waals surface area contributed by atoms with E-state index in [0.717, 1.165) is 5.56 Å². The van der Waals surface area contributed by atoms with E-state index in [2.05, 4.69) is 5.32 Å². The predicted octanol–water partition coefficient (Wildman–Crippen LogP) is 2.60. The summed E-state index contributed by atoms with van der Waals surface area (Å²) >= 11 is 0. The standard InChI is InChI=1S/C18H21NO4/c1-13(20)17(18(21)22-2)19-15-10-6-7-11-16(15)23-12-14-8-4-3-5-9-14/h3-11,13,17,19-20H,12H2,1-2H3/t13?,17-/m0/s1. The summed E-state index contributed by atoms with van der Waals surface area (Å²) in [7, 11) is 1.29. The monoisotopic (exact) mass is 315 g/mol. The zero-order valence-electron chi connectivity index (χ0n) is 13.2. The van der Waals surface area contributed by atoms with Crippen LogP contribution in [-0.4, -0.2) is 30.3 Å². The number of aliphatic hydroxyl groups excluding tert-OH is 1. The minimum atomic E-state index is -0.898. The number of esters is 1. The highest BCUT2D eigenvalue weighted by molar-refractivity contribution is 5.80. The molecule has 2 N–H and O–H groups in total. The van der Waals surface area contributed by atoms with Crippen LogP contribution in [0.3, 0.4) is 0 Å². The van der Waals surface area contributed by atoms with Crippen LogP contribution in [0.5, 0.6) is 5.75 Å². The van der Waals surface area contributed by atoms with Gasteiger partial charge < -0.3 is 19.9 Å². The number of carbonyl (C=O) groups excluding carboxylic acids is 1. The lowest BCUT2D eigenvalue weighted by Crippen LogP contribution is -2.40. The van der Waals surface area contributed by atoms with E-state index in [-0.39, 0.29) is 0 Å². The maximum absolute atomic E-state index is 11.8. The summed E-state index contributed by atoms with van der Waals surface area (Å²) in [5.74, 6) is 0.0729. The third-order valence-electron chi connectivity index (χ3n) is 3.37. The predicted molar refractivity (Wildman–Crippen MR) is 88.3 cm³/mol. The van der Waals surface area contributed by atoms with Crippen molar-refractivity contribution in [1.29, 1.82) is 0 Å². The van der Waals surface area contributed by atoms with Crippen molar-refractivity contribution in [3.8, 4) is 5.75 Å². The van der Waals surface area contributed by atoms with Gasteiger partial charge in [-0.1, -0.05) is 42.5 Å². The number of ether oxygens (including phenoxy) is 2. The molecular weight excluding hydrogens is 294 g/mol. The second kappa shape index (κ2) is 8.19. The lowest BCUT2D eigenvalue weighted by molar-refractivity contribution is -0.143. The van der Waals surface area contributed by atoms with Gasteiger partial charge in [-0.25, -0.2) is 4.79 Å². The topological polar surface area (TPSA) is 67.8 Å². The van der Waals surface area contributed by atoms with Crippen LogP contribution in [0.2, 0.25) is 0 Å². The van der Waals surface area contributed by atoms with E-state index in [1.54, 1.807) is 6.07 Å². The van der Waals surface area contributed by atoms with Crippen LogP contribution in [0.25, 0.3) is 0 Å². The molecule has 122 valence electrons. The Hall–Kier alpha value is -2.53. The maximum Gasteiger partial charge on any atom is 0.330 e. The van der Waals surface area contributed by atoms with Gasteiger partial charge in [0.1, 0.15) is 12.4 Å². The molecule has 2 rings (SSSR count). The first kappa shape index (κ1) is 16.8. The Bertz CT molecular complexity index is 628. The third kappa shape index (κ3) is 4.72. The lowest BCUT2D eigenvalue weighted by atomic mass is 10.1. The highest BCUT2D eigenvalue weighted by Crippen LogP contribution is 2.26. The molecule has 0 aliphatic carbocycles. The Kier molecular flexibility index (Phi) is 6.00. The second-order valence-electron chi connectivity index (χ2n) is 5.16. The van der Waals surface area contributed by atoms with Gasteiger partial charge in [-0.2, -0.15) is 0 Å². The molecule has 0 fully saturated rings. The number of para-hydroxylation sites is 2. The summed E-state index contributed by atoms with van der Waals surface area (Å²) in [6, 6.07) is 16.2. The molecule has 5 heteroatoms. The van der Waals surface area contributed by atoms with Gasteiger partial charge in [-0.05, 0) is 24.6 Å². The molecule has 0 aromatic heterocycles. The van der Waals surface area contributed by atoms with Gasteiger partial charge in [0.05, 0.1) is 18.9 Å². The van der Waals surface area contributed by atoms with E-state index in [0.29, 0.717) is 18.0 Å². The quantitative estimate of drug-likeness (QED) is 0.769. The van der Waals surface area contributed by atoms with Gasteiger partial charge in [0.15, 0.2) is 6.04 Å². The van der Waals surface area contributed by atoms with Crippen LogP contribution < -0.4 is 10.1 Å². The van der Waals surface area contributed by atoms with Crippen LogP contribution in [-0.2, 0) is 16.1 Å². The first-order valence-corrected chi connectivity index (χ1v) is 7.40. The fourth-order valence-electron chi connectivity index (χ4n) is 2.12. The van der Waals surface area contributed by atoms with Crippen molar-refractivity contribution >= 4 is 11.7 Å². The molecule has 2 aromatic rings. The molecule has 0 radical (unpaired) electrons. The molecule has 23 heavy (non-hydrogen) atoms. The Morgan fingerprint density at radius 2 is 1.78 bits per heavy atom. The molecule has 0 bridgehead atoms. The van der Waals surface area contributed by atoms with E-state index in [4.69, 9.17) is 9.47 Å². The Labute approximate surface area is 135 Å². The summed E-state index contributed by atoms with van der Waals surface area (Å²) in [6.45, 7) is 1.94. The fraction of sp³-hybridized carbons (Fsp3) is 0.278. The number of nitrogens with one attached hydrogen (secondary N) is 1. The number of anilines is 1. The van der Waals surface area contributed by atoms with Crippen molar-refractivity contribution in [2.45, 2.75) is 25.7 Å². The van der Waals surface area contributed by atoms with Gasteiger partial charge >= 0.3 is 5.97 Å². The Morgan fingerprint density at radius 1 is 1.13 bits per heavy atom. The van der Waals surface area contributed by atoms with Crippen LogP contribution in [0, 0.1) is 0 Å². The van der Waals surface area contributed by atoms with Crippen molar-refractivity contribution in [2.24, 2.45) is 0 Å². The van der Waals surface area contributed by atoms with Gasteiger partial charge in [-0.15, -0.1) is 0 Å². The van der Waals surface area contributed by atoms with Crippen LogP contribution in [0.4, 0.5) is 5.69 Å². The number of methoxy groups -OCH3 is 1. The minimum absolute atomic E-state index is 0.414. The van der Waals surface area contributed by atoms with Crippen molar-refractivity contribution in [1.82, 2.24) is 0 Å². The minimum Gasteiger partial charge on any atom is -0.487 e. The highest BCUT2D eigenvalue weighted by atomic mass is 16.5. The van der Waals surface area contributed by atoms with Crippen LogP contribution in [0.1, 0.15) is 12.5 Å². The molecule has 0 spiro atoms. The largest absolute Gasteiger partial charge is 0.487 e. The smallest absolute Gasteiger partial charge is 0.330 e. The molecular formula is C18H21NO4. The van der Waals surface area contributed by atoms with E-state index >= 15 is 0 Å². The lowest BCUT2D eigenvalue weighted by Gasteiger charge is -2.21. The zero-order chi connectivity index (χ0) is 16.7. The Balaban J connectivity index is 2.11. The summed E-state index contributed by atoms with van der Waals surface area (Å²) < 4.78 is 10.5. The average molecular weight is 315 g/mol. The summed E-state index contributed by atoms with van der Waals surface area (Å²) in [5, 5.41) is 12.8. The van der Waals surface area contributed by atoms with Crippen molar-refractivity contribution in [2.75, 3.05) is 12.4 Å². The molecule has 0 heterocycles. The average Bonchev–Trinajstić information content (AvgIpc) is 2.58. The number of hydrogen-bond donors (Lipinski definition) is 2. The Morgan fingerprint density at radius 3 is 2.43 bits per heavy atom. The molecule has 0 amide bonds. The summed E-state index contributed by atoms with van der Waals surface area (Å²) in [6.07, 6.45) is -0.898. The van der Waals surface area contributed by atoms with Gasteiger partial charge in [0, 0.05) is 0 Å². The molecule has 2 aromatic carbocycles. The molecule has 0 saturated heterocycles.